The molecule has 0 unspecified atom stereocenters. The number of aliphatic hydroxyl groups excluding tert-OH is 1. The predicted octanol–water partition coefficient (Wildman–Crippen LogP) is 3.89. The van der Waals surface area contributed by atoms with Gasteiger partial charge < -0.3 is 14.6 Å². The van der Waals surface area contributed by atoms with E-state index in [-0.39, 0.29) is 6.61 Å². The van der Waals surface area contributed by atoms with Crippen LogP contribution < -0.4 is 0 Å². The van der Waals surface area contributed by atoms with Crippen LogP contribution in [-0.2, 0) is 9.47 Å². The highest BCUT2D eigenvalue weighted by molar-refractivity contribution is 4.68. The lowest BCUT2D eigenvalue weighted by Crippen LogP contribution is -2.40. The van der Waals surface area contributed by atoms with Crippen LogP contribution in [0.1, 0.15) is 72.1 Å². The SMILES string of the molecule is CCCCCOC(CO)(CCC)OCCCCC. The maximum absolute atomic E-state index is 9.57. The largest absolute Gasteiger partial charge is 0.391 e. The molecular weight excluding hydrogens is 228 g/mol. The van der Waals surface area contributed by atoms with Gasteiger partial charge in [0.1, 0.15) is 0 Å². The first-order valence-electron chi connectivity index (χ1n) is 7.63. The Morgan fingerprint density at radius 1 is 0.778 bits per heavy atom. The third-order valence-corrected chi connectivity index (χ3v) is 3.10. The molecule has 0 aromatic carbocycles. The van der Waals surface area contributed by atoms with E-state index < -0.39 is 5.79 Å². The van der Waals surface area contributed by atoms with Crippen molar-refractivity contribution < 1.29 is 14.6 Å². The number of rotatable bonds is 13. The molecule has 0 saturated carbocycles. The van der Waals surface area contributed by atoms with E-state index in [1.54, 1.807) is 0 Å². The quantitative estimate of drug-likeness (QED) is 0.403. The maximum Gasteiger partial charge on any atom is 0.191 e. The van der Waals surface area contributed by atoms with Gasteiger partial charge in [0, 0.05) is 6.42 Å². The summed E-state index contributed by atoms with van der Waals surface area (Å²) in [6, 6.07) is 0. The molecule has 18 heavy (non-hydrogen) atoms. The zero-order valence-electron chi connectivity index (χ0n) is 12.5. The van der Waals surface area contributed by atoms with Gasteiger partial charge in [-0.25, -0.2) is 0 Å². The van der Waals surface area contributed by atoms with Gasteiger partial charge in [0.15, 0.2) is 5.79 Å². The first-order chi connectivity index (χ1) is 8.74. The highest BCUT2D eigenvalue weighted by Gasteiger charge is 2.30. The zero-order valence-corrected chi connectivity index (χ0v) is 12.5. The van der Waals surface area contributed by atoms with Gasteiger partial charge >= 0.3 is 0 Å². The molecule has 0 fully saturated rings. The summed E-state index contributed by atoms with van der Waals surface area (Å²) in [5.41, 5.74) is 0. The Hall–Kier alpha value is -0.120. The Kier molecular flexibility index (Phi) is 11.9. The van der Waals surface area contributed by atoms with Crippen molar-refractivity contribution in [1.82, 2.24) is 0 Å². The molecule has 0 rings (SSSR count). The van der Waals surface area contributed by atoms with E-state index in [2.05, 4.69) is 20.8 Å². The van der Waals surface area contributed by atoms with Crippen LogP contribution in [0.15, 0.2) is 0 Å². The van der Waals surface area contributed by atoms with Gasteiger partial charge in [0.25, 0.3) is 0 Å². The number of unbranched alkanes of at least 4 members (excludes halogenated alkanes) is 4. The second kappa shape index (κ2) is 11.9. The molecule has 0 bridgehead atoms. The lowest BCUT2D eigenvalue weighted by molar-refractivity contribution is -0.259. The monoisotopic (exact) mass is 260 g/mol. The number of ether oxygens (including phenoxy) is 2. The molecule has 0 heterocycles. The van der Waals surface area contributed by atoms with Gasteiger partial charge in [-0.2, -0.15) is 0 Å². The van der Waals surface area contributed by atoms with Crippen LogP contribution in [0.2, 0.25) is 0 Å². The Balaban J connectivity index is 4.05. The average Bonchev–Trinajstić information content (AvgIpc) is 2.39. The lowest BCUT2D eigenvalue weighted by atomic mass is 10.1. The van der Waals surface area contributed by atoms with Crippen molar-refractivity contribution in [3.05, 3.63) is 0 Å². The molecule has 110 valence electrons. The van der Waals surface area contributed by atoms with E-state index in [0.29, 0.717) is 13.2 Å². The molecule has 0 saturated heterocycles. The van der Waals surface area contributed by atoms with Crippen molar-refractivity contribution in [3.8, 4) is 0 Å². The molecule has 3 heteroatoms. The van der Waals surface area contributed by atoms with Gasteiger partial charge in [-0.15, -0.1) is 0 Å². The minimum absolute atomic E-state index is 0.0426. The molecular formula is C15H32O3. The summed E-state index contributed by atoms with van der Waals surface area (Å²) in [5.74, 6) is -0.754. The van der Waals surface area contributed by atoms with E-state index in [1.165, 1.54) is 25.7 Å². The van der Waals surface area contributed by atoms with Gasteiger partial charge in [0.2, 0.25) is 0 Å². The maximum atomic E-state index is 9.57. The van der Waals surface area contributed by atoms with E-state index >= 15 is 0 Å². The van der Waals surface area contributed by atoms with Crippen LogP contribution in [0.5, 0.6) is 0 Å². The number of hydrogen-bond donors (Lipinski definition) is 1. The van der Waals surface area contributed by atoms with Crippen molar-refractivity contribution in [1.29, 1.82) is 0 Å². The van der Waals surface area contributed by atoms with Crippen molar-refractivity contribution >= 4 is 0 Å². The van der Waals surface area contributed by atoms with Crippen LogP contribution in [0.3, 0.4) is 0 Å². The third kappa shape index (κ3) is 8.06. The molecule has 0 amide bonds. The molecule has 0 atom stereocenters. The Morgan fingerprint density at radius 2 is 1.28 bits per heavy atom. The van der Waals surface area contributed by atoms with Crippen molar-refractivity contribution in [2.24, 2.45) is 0 Å². The topological polar surface area (TPSA) is 38.7 Å². The highest BCUT2D eigenvalue weighted by Crippen LogP contribution is 2.21. The second-order valence-electron chi connectivity index (χ2n) is 4.93. The minimum Gasteiger partial charge on any atom is -0.391 e. The fraction of sp³-hybridized carbons (Fsp3) is 1.00. The molecule has 3 nitrogen and oxygen atoms in total. The Labute approximate surface area is 113 Å². The standard InChI is InChI=1S/C15H32O3/c1-4-7-9-12-17-15(14-16,11-6-3)18-13-10-8-5-2/h16H,4-14H2,1-3H3. The molecule has 0 aliphatic rings. The molecule has 0 aromatic heterocycles. The van der Waals surface area contributed by atoms with Crippen LogP contribution >= 0.6 is 0 Å². The summed E-state index contributed by atoms with van der Waals surface area (Å²) in [6.07, 6.45) is 8.51. The van der Waals surface area contributed by atoms with Crippen LogP contribution in [-0.4, -0.2) is 30.7 Å². The summed E-state index contributed by atoms with van der Waals surface area (Å²) in [4.78, 5) is 0. The van der Waals surface area contributed by atoms with E-state index in [9.17, 15) is 5.11 Å². The first kappa shape index (κ1) is 17.9. The summed E-state index contributed by atoms with van der Waals surface area (Å²) in [6.45, 7) is 7.76. The van der Waals surface area contributed by atoms with Crippen LogP contribution in [0, 0.1) is 0 Å². The smallest absolute Gasteiger partial charge is 0.191 e. The summed E-state index contributed by atoms with van der Waals surface area (Å²) >= 11 is 0. The van der Waals surface area contributed by atoms with Gasteiger partial charge in [-0.1, -0.05) is 52.9 Å². The second-order valence-corrected chi connectivity index (χ2v) is 4.93. The van der Waals surface area contributed by atoms with Crippen LogP contribution in [0.25, 0.3) is 0 Å². The highest BCUT2D eigenvalue weighted by atomic mass is 16.7. The molecule has 1 N–H and O–H groups in total. The number of hydrogen-bond acceptors (Lipinski definition) is 3. The van der Waals surface area contributed by atoms with Crippen molar-refractivity contribution in [2.75, 3.05) is 19.8 Å². The van der Waals surface area contributed by atoms with Gasteiger partial charge in [-0.05, 0) is 12.8 Å². The average molecular weight is 260 g/mol. The van der Waals surface area contributed by atoms with Gasteiger partial charge in [-0.3, -0.25) is 0 Å². The fourth-order valence-corrected chi connectivity index (χ4v) is 1.96. The first-order valence-corrected chi connectivity index (χ1v) is 7.63. The summed E-state index contributed by atoms with van der Waals surface area (Å²) in [5, 5.41) is 9.57. The van der Waals surface area contributed by atoms with Crippen molar-refractivity contribution in [3.63, 3.8) is 0 Å². The molecule has 0 spiro atoms. The summed E-state index contributed by atoms with van der Waals surface area (Å²) < 4.78 is 11.7. The molecule has 0 radical (unpaired) electrons. The van der Waals surface area contributed by atoms with Gasteiger partial charge in [0.05, 0.1) is 19.8 Å². The fourth-order valence-electron chi connectivity index (χ4n) is 1.96. The molecule has 0 aromatic rings. The molecule has 0 aliphatic heterocycles. The van der Waals surface area contributed by atoms with E-state index in [1.807, 2.05) is 0 Å². The van der Waals surface area contributed by atoms with Crippen LogP contribution in [0.4, 0.5) is 0 Å². The summed E-state index contributed by atoms with van der Waals surface area (Å²) in [7, 11) is 0. The molecule has 0 aliphatic carbocycles. The predicted molar refractivity (Wildman–Crippen MR) is 75.7 cm³/mol. The third-order valence-electron chi connectivity index (χ3n) is 3.10. The van der Waals surface area contributed by atoms with Crippen molar-refractivity contribution in [2.45, 2.75) is 77.9 Å². The lowest BCUT2D eigenvalue weighted by Gasteiger charge is -2.32. The normalized spacial score (nSPS) is 12.0. The Morgan fingerprint density at radius 3 is 1.61 bits per heavy atom. The minimum atomic E-state index is -0.754. The number of aliphatic hydroxyl groups is 1. The Bertz CT molecular complexity index is 159. The van der Waals surface area contributed by atoms with E-state index in [0.717, 1.165) is 25.7 Å². The van der Waals surface area contributed by atoms with E-state index in [4.69, 9.17) is 9.47 Å². The zero-order chi connectivity index (χ0) is 13.7.